The molecule has 0 aromatic heterocycles. The summed E-state index contributed by atoms with van der Waals surface area (Å²) in [5.41, 5.74) is 2.19. The Morgan fingerprint density at radius 2 is 1.81 bits per heavy atom. The number of nitrogens with one attached hydrogen (secondary N) is 2. The molecular weight excluding hydrogens is 271 g/mol. The van der Waals surface area contributed by atoms with Crippen LogP contribution in [0.15, 0.2) is 42.5 Å². The van der Waals surface area contributed by atoms with Crippen molar-refractivity contribution in [1.82, 2.24) is 0 Å². The van der Waals surface area contributed by atoms with E-state index in [0.717, 1.165) is 0 Å². The number of benzene rings is 2. The highest BCUT2D eigenvalue weighted by Crippen LogP contribution is 2.17. The molecule has 108 valence electrons. The first kappa shape index (κ1) is 14.7. The molecule has 0 saturated heterocycles. The minimum absolute atomic E-state index is 0.0755. The van der Waals surface area contributed by atoms with E-state index in [0.29, 0.717) is 22.5 Å². The molecule has 2 aromatic carbocycles. The van der Waals surface area contributed by atoms with Gasteiger partial charge in [-0.15, -0.1) is 0 Å². The molecule has 0 bridgehead atoms. The van der Waals surface area contributed by atoms with E-state index >= 15 is 0 Å². The lowest BCUT2D eigenvalue weighted by Crippen LogP contribution is -2.20. The molecule has 0 aliphatic heterocycles. The number of urea groups is 1. The van der Waals surface area contributed by atoms with Gasteiger partial charge in [0, 0.05) is 16.9 Å². The Balaban J connectivity index is 2.08. The van der Waals surface area contributed by atoms with Gasteiger partial charge in [0.25, 0.3) is 0 Å². The van der Waals surface area contributed by atoms with Gasteiger partial charge in [0.15, 0.2) is 5.78 Å². The fourth-order valence-corrected chi connectivity index (χ4v) is 1.87. The lowest BCUT2D eigenvalue weighted by Gasteiger charge is -2.10. The van der Waals surface area contributed by atoms with E-state index in [9.17, 15) is 14.0 Å². The second-order valence-electron chi connectivity index (χ2n) is 4.68. The number of ketones is 1. The number of aryl methyl sites for hydroxylation is 1. The SMILES string of the molecule is CC(=O)c1cccc(NC(=O)Nc2ccc(F)cc2C)c1. The van der Waals surface area contributed by atoms with E-state index in [1.807, 2.05) is 0 Å². The van der Waals surface area contributed by atoms with Crippen molar-refractivity contribution < 1.29 is 14.0 Å². The quantitative estimate of drug-likeness (QED) is 0.838. The molecule has 0 radical (unpaired) electrons. The molecule has 0 heterocycles. The minimum Gasteiger partial charge on any atom is -0.308 e. The summed E-state index contributed by atoms with van der Waals surface area (Å²) in [4.78, 5) is 23.2. The normalized spacial score (nSPS) is 10.0. The Kier molecular flexibility index (Phi) is 4.33. The van der Waals surface area contributed by atoms with Crippen molar-refractivity contribution in [3.63, 3.8) is 0 Å². The van der Waals surface area contributed by atoms with Crippen LogP contribution in [-0.4, -0.2) is 11.8 Å². The van der Waals surface area contributed by atoms with Crippen LogP contribution in [0.25, 0.3) is 0 Å². The molecule has 0 atom stereocenters. The number of rotatable bonds is 3. The summed E-state index contributed by atoms with van der Waals surface area (Å²) in [5, 5.41) is 5.26. The Morgan fingerprint density at radius 1 is 1.05 bits per heavy atom. The fraction of sp³-hybridized carbons (Fsp3) is 0.125. The first-order valence-electron chi connectivity index (χ1n) is 6.41. The van der Waals surface area contributed by atoms with Gasteiger partial charge in [-0.1, -0.05) is 12.1 Å². The fourth-order valence-electron chi connectivity index (χ4n) is 1.87. The number of hydrogen-bond acceptors (Lipinski definition) is 2. The van der Waals surface area contributed by atoms with Gasteiger partial charge in [-0.2, -0.15) is 0 Å². The number of halogens is 1. The standard InChI is InChI=1S/C16H15FN2O2/c1-10-8-13(17)6-7-15(10)19-16(21)18-14-5-3-4-12(9-14)11(2)20/h3-9H,1-2H3,(H2,18,19,21). The largest absolute Gasteiger partial charge is 0.323 e. The van der Waals surface area contributed by atoms with Crippen LogP contribution in [0.2, 0.25) is 0 Å². The van der Waals surface area contributed by atoms with Crippen molar-refractivity contribution in [3.8, 4) is 0 Å². The zero-order chi connectivity index (χ0) is 15.4. The van der Waals surface area contributed by atoms with Crippen LogP contribution < -0.4 is 10.6 Å². The van der Waals surface area contributed by atoms with Gasteiger partial charge in [-0.25, -0.2) is 9.18 Å². The molecule has 2 amide bonds. The lowest BCUT2D eigenvalue weighted by molar-refractivity contribution is 0.101. The highest BCUT2D eigenvalue weighted by molar-refractivity contribution is 6.01. The van der Waals surface area contributed by atoms with Gasteiger partial charge in [0.2, 0.25) is 0 Å². The van der Waals surface area contributed by atoms with Gasteiger partial charge >= 0.3 is 6.03 Å². The van der Waals surface area contributed by atoms with Gasteiger partial charge < -0.3 is 10.6 Å². The van der Waals surface area contributed by atoms with Crippen LogP contribution in [0, 0.1) is 12.7 Å². The summed E-state index contributed by atoms with van der Waals surface area (Å²) in [6.45, 7) is 3.16. The molecule has 0 fully saturated rings. The topological polar surface area (TPSA) is 58.2 Å². The number of hydrogen-bond donors (Lipinski definition) is 2. The van der Waals surface area contributed by atoms with E-state index in [4.69, 9.17) is 0 Å². The predicted molar refractivity (Wildman–Crippen MR) is 80.2 cm³/mol. The first-order chi connectivity index (χ1) is 9.95. The molecular formula is C16H15FN2O2. The van der Waals surface area contributed by atoms with E-state index in [-0.39, 0.29) is 11.6 Å². The van der Waals surface area contributed by atoms with Crippen LogP contribution in [0.5, 0.6) is 0 Å². The van der Waals surface area contributed by atoms with Crippen molar-refractivity contribution in [2.75, 3.05) is 10.6 Å². The molecule has 0 saturated carbocycles. The Bertz CT molecular complexity index is 698. The highest BCUT2D eigenvalue weighted by Gasteiger charge is 2.07. The Hall–Kier alpha value is -2.69. The van der Waals surface area contributed by atoms with Crippen LogP contribution >= 0.6 is 0 Å². The zero-order valence-corrected chi connectivity index (χ0v) is 11.7. The Labute approximate surface area is 122 Å². The second-order valence-corrected chi connectivity index (χ2v) is 4.68. The molecule has 2 rings (SSSR count). The average molecular weight is 286 g/mol. The average Bonchev–Trinajstić information content (AvgIpc) is 2.42. The van der Waals surface area contributed by atoms with Crippen molar-refractivity contribution in [2.45, 2.75) is 13.8 Å². The molecule has 0 unspecified atom stereocenters. The molecule has 2 N–H and O–H groups in total. The highest BCUT2D eigenvalue weighted by atomic mass is 19.1. The van der Waals surface area contributed by atoms with Gasteiger partial charge in [-0.3, -0.25) is 4.79 Å². The third-order valence-electron chi connectivity index (χ3n) is 2.96. The van der Waals surface area contributed by atoms with Gasteiger partial charge in [0.1, 0.15) is 5.82 Å². The molecule has 2 aromatic rings. The van der Waals surface area contributed by atoms with Crippen LogP contribution in [0.1, 0.15) is 22.8 Å². The van der Waals surface area contributed by atoms with Crippen molar-refractivity contribution in [2.24, 2.45) is 0 Å². The third-order valence-corrected chi connectivity index (χ3v) is 2.96. The minimum atomic E-state index is -0.453. The lowest BCUT2D eigenvalue weighted by atomic mass is 10.1. The summed E-state index contributed by atoms with van der Waals surface area (Å²) in [6, 6.07) is 10.3. The van der Waals surface area contributed by atoms with E-state index < -0.39 is 6.03 Å². The monoisotopic (exact) mass is 286 g/mol. The molecule has 0 aliphatic rings. The smallest absolute Gasteiger partial charge is 0.308 e. The number of carbonyl (C=O) groups is 2. The van der Waals surface area contributed by atoms with Crippen molar-refractivity contribution in [3.05, 3.63) is 59.4 Å². The molecule has 21 heavy (non-hydrogen) atoms. The summed E-state index contributed by atoms with van der Waals surface area (Å²) in [6.07, 6.45) is 0. The molecule has 0 spiro atoms. The van der Waals surface area contributed by atoms with Crippen LogP contribution in [0.3, 0.4) is 0 Å². The third kappa shape index (κ3) is 3.89. The maximum atomic E-state index is 13.0. The number of Topliss-reactive ketones (excluding diaryl/α,β-unsaturated/α-hetero) is 1. The summed E-state index contributed by atoms with van der Waals surface area (Å²) in [7, 11) is 0. The van der Waals surface area contributed by atoms with Crippen LogP contribution in [0.4, 0.5) is 20.6 Å². The maximum Gasteiger partial charge on any atom is 0.323 e. The summed E-state index contributed by atoms with van der Waals surface area (Å²) < 4.78 is 13.0. The number of amides is 2. The van der Waals surface area contributed by atoms with E-state index in [2.05, 4.69) is 10.6 Å². The maximum absolute atomic E-state index is 13.0. The summed E-state index contributed by atoms with van der Waals surface area (Å²) in [5.74, 6) is -0.430. The van der Waals surface area contributed by atoms with Gasteiger partial charge in [-0.05, 0) is 49.7 Å². The molecule has 5 heteroatoms. The van der Waals surface area contributed by atoms with Gasteiger partial charge in [0.05, 0.1) is 0 Å². The molecule has 0 aliphatic carbocycles. The first-order valence-corrected chi connectivity index (χ1v) is 6.41. The summed E-state index contributed by atoms with van der Waals surface area (Å²) >= 11 is 0. The Morgan fingerprint density at radius 3 is 2.48 bits per heavy atom. The van der Waals surface area contributed by atoms with Crippen molar-refractivity contribution in [1.29, 1.82) is 0 Å². The van der Waals surface area contributed by atoms with Crippen LogP contribution in [-0.2, 0) is 0 Å². The molecule has 4 nitrogen and oxygen atoms in total. The predicted octanol–water partition coefficient (Wildman–Crippen LogP) is 3.98. The van der Waals surface area contributed by atoms with Crippen molar-refractivity contribution >= 4 is 23.2 Å². The zero-order valence-electron chi connectivity index (χ0n) is 11.7. The van der Waals surface area contributed by atoms with E-state index in [1.54, 1.807) is 31.2 Å². The number of anilines is 2. The van der Waals surface area contributed by atoms with E-state index in [1.165, 1.54) is 25.1 Å². The number of carbonyl (C=O) groups excluding carboxylic acids is 2. The second kappa shape index (κ2) is 6.17.